The first-order valence-electron chi connectivity index (χ1n) is 8.18. The lowest BCUT2D eigenvalue weighted by Gasteiger charge is -2.27. The molecule has 2 atom stereocenters. The van der Waals surface area contributed by atoms with Crippen molar-refractivity contribution in [3.63, 3.8) is 0 Å². The number of aliphatic hydroxyl groups is 1. The molecule has 0 bridgehead atoms. The van der Waals surface area contributed by atoms with Crippen LogP contribution in [0, 0.1) is 5.92 Å². The van der Waals surface area contributed by atoms with Gasteiger partial charge in [0, 0.05) is 22.9 Å². The number of hydrogen-bond acceptors (Lipinski definition) is 5. The molecule has 1 fully saturated rings. The number of thiophene rings is 1. The molecule has 3 rings (SSSR count). The van der Waals surface area contributed by atoms with Gasteiger partial charge in [0.25, 0.3) is 0 Å². The second-order valence-corrected chi connectivity index (χ2v) is 7.73. The molecule has 2 N–H and O–H groups in total. The summed E-state index contributed by atoms with van der Waals surface area (Å²) in [6, 6.07) is 2.12. The predicted molar refractivity (Wildman–Crippen MR) is 94.3 cm³/mol. The molecule has 0 saturated heterocycles. The molecule has 0 aromatic carbocycles. The highest BCUT2D eigenvalue weighted by atomic mass is 32.1. The number of hydrogen-bond donors (Lipinski definition) is 2. The molecule has 0 aliphatic heterocycles. The van der Waals surface area contributed by atoms with Crippen molar-refractivity contribution in [3.05, 3.63) is 27.9 Å². The second-order valence-electron chi connectivity index (χ2n) is 6.09. The summed E-state index contributed by atoms with van der Waals surface area (Å²) < 4.78 is 0. The minimum Gasteiger partial charge on any atom is -0.393 e. The summed E-state index contributed by atoms with van der Waals surface area (Å²) >= 11 is 3.43. The molecule has 5 heteroatoms. The zero-order valence-corrected chi connectivity index (χ0v) is 14.5. The van der Waals surface area contributed by atoms with E-state index >= 15 is 0 Å². The van der Waals surface area contributed by atoms with Gasteiger partial charge >= 0.3 is 0 Å². The normalized spacial score (nSPS) is 22.0. The van der Waals surface area contributed by atoms with E-state index in [2.05, 4.69) is 32.5 Å². The molecule has 0 spiro atoms. The van der Waals surface area contributed by atoms with Crippen molar-refractivity contribution in [1.82, 2.24) is 10.3 Å². The van der Waals surface area contributed by atoms with Gasteiger partial charge in [-0.15, -0.1) is 11.3 Å². The Hall–Kier alpha value is -0.750. The molecule has 1 aliphatic carbocycles. The van der Waals surface area contributed by atoms with Crippen LogP contribution in [0.3, 0.4) is 0 Å². The zero-order chi connectivity index (χ0) is 15.2. The van der Waals surface area contributed by atoms with Crippen LogP contribution in [0.15, 0.2) is 22.2 Å². The van der Waals surface area contributed by atoms with E-state index in [1.807, 2.05) is 0 Å². The molecule has 2 aromatic rings. The van der Waals surface area contributed by atoms with Crippen molar-refractivity contribution in [3.8, 4) is 10.6 Å². The molecule has 2 unspecified atom stereocenters. The lowest BCUT2D eigenvalue weighted by molar-refractivity contribution is 0.0643. The Kier molecular flexibility index (Phi) is 6.01. The summed E-state index contributed by atoms with van der Waals surface area (Å²) in [7, 11) is 0. The lowest BCUT2D eigenvalue weighted by Crippen LogP contribution is -2.25. The smallest absolute Gasteiger partial charge is 0.124 e. The van der Waals surface area contributed by atoms with Crippen LogP contribution in [0.1, 0.15) is 44.2 Å². The first-order chi connectivity index (χ1) is 10.8. The summed E-state index contributed by atoms with van der Waals surface area (Å²) in [6.07, 6.45) is 6.93. The van der Waals surface area contributed by atoms with Crippen molar-refractivity contribution in [2.75, 3.05) is 6.54 Å². The van der Waals surface area contributed by atoms with Crippen molar-refractivity contribution in [2.45, 2.75) is 51.2 Å². The Morgan fingerprint density at radius 3 is 3.00 bits per heavy atom. The number of aromatic nitrogens is 1. The van der Waals surface area contributed by atoms with E-state index in [4.69, 9.17) is 0 Å². The number of thiazole rings is 1. The molecule has 120 valence electrons. The van der Waals surface area contributed by atoms with Gasteiger partial charge in [-0.2, -0.15) is 11.3 Å². The van der Waals surface area contributed by atoms with Gasteiger partial charge in [-0.05, 0) is 49.6 Å². The van der Waals surface area contributed by atoms with Gasteiger partial charge in [-0.25, -0.2) is 4.98 Å². The van der Waals surface area contributed by atoms with E-state index < -0.39 is 0 Å². The third-order valence-electron chi connectivity index (χ3n) is 4.42. The van der Waals surface area contributed by atoms with E-state index in [0.29, 0.717) is 5.92 Å². The topological polar surface area (TPSA) is 45.1 Å². The van der Waals surface area contributed by atoms with Crippen LogP contribution in [0.25, 0.3) is 10.6 Å². The average Bonchev–Trinajstić information content (AvgIpc) is 3.19. The first kappa shape index (κ1) is 16.1. The Balaban J connectivity index is 1.35. The fraction of sp³-hybridized carbons (Fsp3) is 0.588. The summed E-state index contributed by atoms with van der Waals surface area (Å²) in [4.78, 5) is 4.67. The maximum absolute atomic E-state index is 9.97. The quantitative estimate of drug-likeness (QED) is 0.741. The monoisotopic (exact) mass is 336 g/mol. The van der Waals surface area contributed by atoms with Gasteiger partial charge in [0.1, 0.15) is 5.01 Å². The van der Waals surface area contributed by atoms with E-state index in [0.717, 1.165) is 43.1 Å². The Morgan fingerprint density at radius 2 is 2.18 bits per heavy atom. The largest absolute Gasteiger partial charge is 0.393 e. The Labute approximate surface area is 140 Å². The van der Waals surface area contributed by atoms with Gasteiger partial charge in [-0.1, -0.05) is 12.8 Å². The van der Waals surface area contributed by atoms with Crippen molar-refractivity contribution in [2.24, 2.45) is 5.92 Å². The predicted octanol–water partition coefficient (Wildman–Crippen LogP) is 4.29. The van der Waals surface area contributed by atoms with E-state index in [1.165, 1.54) is 24.8 Å². The Morgan fingerprint density at radius 1 is 1.27 bits per heavy atom. The van der Waals surface area contributed by atoms with Crippen molar-refractivity contribution in [1.29, 1.82) is 0 Å². The number of aliphatic hydroxyl groups excluding tert-OH is 1. The van der Waals surface area contributed by atoms with E-state index in [1.54, 1.807) is 22.7 Å². The van der Waals surface area contributed by atoms with Gasteiger partial charge in [-0.3, -0.25) is 0 Å². The van der Waals surface area contributed by atoms with Crippen LogP contribution < -0.4 is 5.32 Å². The van der Waals surface area contributed by atoms with Crippen LogP contribution in [0.2, 0.25) is 0 Å². The third kappa shape index (κ3) is 4.38. The fourth-order valence-electron chi connectivity index (χ4n) is 3.14. The molecule has 1 saturated carbocycles. The maximum atomic E-state index is 9.97. The molecule has 2 aromatic heterocycles. The molecule has 0 amide bonds. The highest BCUT2D eigenvalue weighted by molar-refractivity contribution is 7.14. The molecule has 0 radical (unpaired) electrons. The number of nitrogens with zero attached hydrogens (tertiary/aromatic N) is 1. The molecule has 22 heavy (non-hydrogen) atoms. The second kappa shape index (κ2) is 8.20. The minimum absolute atomic E-state index is 0.0551. The molecule has 2 heterocycles. The van der Waals surface area contributed by atoms with Crippen molar-refractivity contribution < 1.29 is 5.11 Å². The van der Waals surface area contributed by atoms with Crippen LogP contribution >= 0.6 is 22.7 Å². The number of rotatable bonds is 7. The molecular formula is C17H24N2OS2. The first-order valence-corrected chi connectivity index (χ1v) is 10.0. The van der Waals surface area contributed by atoms with Crippen LogP contribution in [-0.2, 0) is 6.54 Å². The highest BCUT2D eigenvalue weighted by Crippen LogP contribution is 2.28. The van der Waals surface area contributed by atoms with Crippen LogP contribution in [-0.4, -0.2) is 22.7 Å². The zero-order valence-electron chi connectivity index (χ0n) is 12.8. The minimum atomic E-state index is -0.0551. The van der Waals surface area contributed by atoms with E-state index in [9.17, 15) is 5.11 Å². The Bertz CT molecular complexity index is 553. The summed E-state index contributed by atoms with van der Waals surface area (Å²) in [6.45, 7) is 1.85. The third-order valence-corrected chi connectivity index (χ3v) is 6.05. The molecule has 1 aliphatic rings. The van der Waals surface area contributed by atoms with Crippen LogP contribution in [0.4, 0.5) is 0 Å². The van der Waals surface area contributed by atoms with E-state index in [-0.39, 0.29) is 6.10 Å². The maximum Gasteiger partial charge on any atom is 0.124 e. The highest BCUT2D eigenvalue weighted by Gasteiger charge is 2.22. The summed E-state index contributed by atoms with van der Waals surface area (Å²) in [5, 5.41) is 20.9. The average molecular weight is 337 g/mol. The van der Waals surface area contributed by atoms with Gasteiger partial charge in [0.15, 0.2) is 0 Å². The van der Waals surface area contributed by atoms with Crippen LogP contribution in [0.5, 0.6) is 0 Å². The SMILES string of the molecule is OC1CCCCC1CCCNCc1csc(-c2ccsc2)n1. The van der Waals surface area contributed by atoms with Crippen molar-refractivity contribution >= 4 is 22.7 Å². The standard InChI is InChI=1S/C17H24N2OS2/c20-16-6-2-1-4-13(16)5-3-8-18-10-15-12-22-17(19-15)14-7-9-21-11-14/h7,9,11-13,16,18,20H,1-6,8,10H2. The summed E-state index contributed by atoms with van der Waals surface area (Å²) in [5.74, 6) is 0.528. The van der Waals surface area contributed by atoms with Gasteiger partial charge in [0.2, 0.25) is 0 Å². The molecule has 3 nitrogen and oxygen atoms in total. The fourth-order valence-corrected chi connectivity index (χ4v) is 4.67. The molecular weight excluding hydrogens is 312 g/mol. The van der Waals surface area contributed by atoms with Gasteiger partial charge < -0.3 is 10.4 Å². The van der Waals surface area contributed by atoms with Gasteiger partial charge in [0.05, 0.1) is 11.8 Å². The number of nitrogens with one attached hydrogen (secondary N) is 1. The lowest BCUT2D eigenvalue weighted by atomic mass is 9.83. The summed E-state index contributed by atoms with van der Waals surface area (Å²) in [5.41, 5.74) is 2.36.